The Hall–Kier alpha value is -1.83. The van der Waals surface area contributed by atoms with Crippen LogP contribution in [0.3, 0.4) is 0 Å². The van der Waals surface area contributed by atoms with Crippen molar-refractivity contribution in [3.05, 3.63) is 63.3 Å². The van der Waals surface area contributed by atoms with E-state index < -0.39 is 0 Å². The van der Waals surface area contributed by atoms with Crippen LogP contribution in [0.15, 0.2) is 63.3 Å². The van der Waals surface area contributed by atoms with Crippen molar-refractivity contribution in [1.29, 1.82) is 0 Å². The molecule has 0 aromatic rings. The molecule has 144 valence electrons. The molecule has 0 saturated heterocycles. The summed E-state index contributed by atoms with van der Waals surface area (Å²) in [6, 6.07) is 0. The van der Waals surface area contributed by atoms with Crippen molar-refractivity contribution >= 4 is 5.97 Å². The Balaban J connectivity index is -0.0000000436. The van der Waals surface area contributed by atoms with Crippen LogP contribution < -0.4 is 0 Å². The van der Waals surface area contributed by atoms with Gasteiger partial charge in [0.25, 0.3) is 0 Å². The van der Waals surface area contributed by atoms with Crippen molar-refractivity contribution in [2.45, 2.75) is 67.7 Å². The third-order valence-electron chi connectivity index (χ3n) is 1.05. The van der Waals surface area contributed by atoms with E-state index >= 15 is 0 Å². The molecule has 0 fully saturated rings. The highest BCUT2D eigenvalue weighted by Gasteiger charge is 1.95. The Bertz CT molecular complexity index is 208. The highest BCUT2D eigenvalue weighted by Crippen LogP contribution is 1.89. The molecule has 0 aromatic heterocycles. The van der Waals surface area contributed by atoms with Crippen LogP contribution in [0.5, 0.6) is 0 Å². The first-order valence-electron chi connectivity index (χ1n) is 8.43. The Kier molecular flexibility index (Phi) is 109. The van der Waals surface area contributed by atoms with Gasteiger partial charge in [-0.3, -0.25) is 4.79 Å². The zero-order valence-corrected chi connectivity index (χ0v) is 17.6. The quantitative estimate of drug-likeness (QED) is 0.387. The predicted molar refractivity (Wildman–Crippen MR) is 116 cm³/mol. The van der Waals surface area contributed by atoms with Gasteiger partial charge in [0.05, 0.1) is 6.61 Å². The van der Waals surface area contributed by atoms with E-state index in [0.717, 1.165) is 12.8 Å². The summed E-state index contributed by atoms with van der Waals surface area (Å²) in [5, 5.41) is 0. The molecule has 0 amide bonds. The molecule has 2 nitrogen and oxygen atoms in total. The number of carbonyl (C=O) groups excluding carboxylic acids is 1. The Morgan fingerprint density at radius 2 is 1.04 bits per heavy atom. The number of rotatable bonds is 4. The summed E-state index contributed by atoms with van der Waals surface area (Å²) in [6.07, 6.45) is 11.4. The minimum Gasteiger partial charge on any atom is -0.466 e. The summed E-state index contributed by atoms with van der Waals surface area (Å²) in [4.78, 5) is 10.4. The van der Waals surface area contributed by atoms with Gasteiger partial charge in [0.2, 0.25) is 0 Å². The van der Waals surface area contributed by atoms with Crippen LogP contribution in [-0.4, -0.2) is 12.6 Å². The number of carbonyl (C=O) groups is 1. The van der Waals surface area contributed by atoms with E-state index in [0.29, 0.717) is 13.0 Å². The highest BCUT2D eigenvalue weighted by atomic mass is 16.5. The number of ether oxygens (including phenoxy) is 1. The smallest absolute Gasteiger partial charge is 0.305 e. The van der Waals surface area contributed by atoms with Gasteiger partial charge in [-0.2, -0.15) is 0 Å². The molecule has 0 bridgehead atoms. The standard InChI is InChI=1S/C6H12O2.C4H8.4C3H6/c1-3-5-6(7)8-4-2;1-3-4-2;4*1-3-2/h3-5H2,1-2H3;3H,1,4H2,2H3;4*3H,1H2,2H3. The molecule has 24 heavy (non-hydrogen) atoms. The highest BCUT2D eigenvalue weighted by molar-refractivity contribution is 5.69. The fourth-order valence-electron chi connectivity index (χ4n) is 0.437. The summed E-state index contributed by atoms with van der Waals surface area (Å²) < 4.78 is 4.64. The van der Waals surface area contributed by atoms with Crippen molar-refractivity contribution < 1.29 is 9.53 Å². The first kappa shape index (κ1) is 38.0. The number of hydrogen-bond acceptors (Lipinski definition) is 2. The summed E-state index contributed by atoms with van der Waals surface area (Å²) in [5.74, 6) is -0.0880. The predicted octanol–water partition coefficient (Wildman–Crippen LogP) is 7.70. The van der Waals surface area contributed by atoms with E-state index in [1.807, 2.05) is 47.6 Å². The van der Waals surface area contributed by atoms with Crippen LogP contribution in [0.2, 0.25) is 0 Å². The second-order valence-electron chi connectivity index (χ2n) is 3.88. The van der Waals surface area contributed by atoms with Crippen molar-refractivity contribution in [2.24, 2.45) is 0 Å². The van der Waals surface area contributed by atoms with Gasteiger partial charge in [-0.15, -0.1) is 32.9 Å². The molecule has 0 aliphatic carbocycles. The number of allylic oxidation sites excluding steroid dienone is 5. The minimum atomic E-state index is -0.0880. The SMILES string of the molecule is C=CC.C=CC.C=CC.C=CC.C=CCC.CCCC(=O)OCC. The molecule has 0 aliphatic rings. The topological polar surface area (TPSA) is 26.3 Å². The van der Waals surface area contributed by atoms with Crippen molar-refractivity contribution in [3.8, 4) is 0 Å². The van der Waals surface area contributed by atoms with Gasteiger partial charge >= 0.3 is 5.97 Å². The van der Waals surface area contributed by atoms with Crippen LogP contribution in [0, 0.1) is 0 Å². The summed E-state index contributed by atoms with van der Waals surface area (Å²) in [5.41, 5.74) is 0. The maximum atomic E-state index is 10.4. The molecule has 0 heterocycles. The molecule has 2 heteroatoms. The minimum absolute atomic E-state index is 0.0880. The molecule has 0 spiro atoms. The second kappa shape index (κ2) is 69.0. The lowest BCUT2D eigenvalue weighted by molar-refractivity contribution is -0.143. The lowest BCUT2D eigenvalue weighted by Crippen LogP contribution is -2.01. The first-order valence-corrected chi connectivity index (χ1v) is 8.43. The zero-order chi connectivity index (χ0) is 20.6. The fraction of sp³-hybridized carbons (Fsp3) is 0.500. The van der Waals surface area contributed by atoms with Crippen LogP contribution in [0.25, 0.3) is 0 Å². The van der Waals surface area contributed by atoms with Crippen LogP contribution in [0.4, 0.5) is 0 Å². The molecule has 0 N–H and O–H groups in total. The van der Waals surface area contributed by atoms with Crippen molar-refractivity contribution in [3.63, 3.8) is 0 Å². The summed E-state index contributed by atoms with van der Waals surface area (Å²) in [7, 11) is 0. The van der Waals surface area contributed by atoms with E-state index in [-0.39, 0.29) is 5.97 Å². The molecule has 0 atom stereocenters. The van der Waals surface area contributed by atoms with E-state index in [9.17, 15) is 4.79 Å². The summed E-state index contributed by atoms with van der Waals surface area (Å²) in [6.45, 7) is 30.8. The Labute approximate surface area is 153 Å². The van der Waals surface area contributed by atoms with Crippen LogP contribution in [-0.2, 0) is 9.53 Å². The van der Waals surface area contributed by atoms with Gasteiger partial charge in [-0.25, -0.2) is 0 Å². The third-order valence-corrected chi connectivity index (χ3v) is 1.05. The average molecular weight is 341 g/mol. The van der Waals surface area contributed by atoms with Gasteiger partial charge < -0.3 is 4.74 Å². The van der Waals surface area contributed by atoms with Crippen LogP contribution >= 0.6 is 0 Å². The van der Waals surface area contributed by atoms with Gasteiger partial charge in [0, 0.05) is 6.42 Å². The average Bonchev–Trinajstić information content (AvgIpc) is 2.51. The van der Waals surface area contributed by atoms with Gasteiger partial charge in [-0.05, 0) is 47.5 Å². The zero-order valence-electron chi connectivity index (χ0n) is 17.6. The molecule has 0 radical (unpaired) electrons. The molecule has 0 aromatic carbocycles. The lowest BCUT2D eigenvalue weighted by atomic mass is 10.3. The van der Waals surface area contributed by atoms with E-state index in [2.05, 4.69) is 44.6 Å². The van der Waals surface area contributed by atoms with Gasteiger partial charge in [0.1, 0.15) is 0 Å². The first-order chi connectivity index (χ1) is 11.4. The normalized spacial score (nSPS) is 6.12. The second-order valence-corrected chi connectivity index (χ2v) is 3.88. The van der Waals surface area contributed by atoms with Crippen LogP contribution in [0.1, 0.15) is 67.7 Å². The summed E-state index contributed by atoms with van der Waals surface area (Å²) >= 11 is 0. The molecule has 0 unspecified atom stereocenters. The monoisotopic (exact) mass is 340 g/mol. The van der Waals surface area contributed by atoms with Gasteiger partial charge in [0.15, 0.2) is 0 Å². The maximum Gasteiger partial charge on any atom is 0.305 e. The molecular weight excluding hydrogens is 296 g/mol. The molecule has 0 saturated carbocycles. The molecule has 0 rings (SSSR count). The molecule has 0 aliphatic heterocycles. The van der Waals surface area contributed by atoms with Crippen molar-refractivity contribution in [2.75, 3.05) is 6.61 Å². The van der Waals surface area contributed by atoms with Crippen molar-refractivity contribution in [1.82, 2.24) is 0 Å². The third kappa shape index (κ3) is 277. The van der Waals surface area contributed by atoms with E-state index in [1.165, 1.54) is 0 Å². The van der Waals surface area contributed by atoms with E-state index in [1.54, 1.807) is 24.3 Å². The maximum absolute atomic E-state index is 10.4. The lowest BCUT2D eigenvalue weighted by Gasteiger charge is -1.96. The fourth-order valence-corrected chi connectivity index (χ4v) is 0.437. The largest absolute Gasteiger partial charge is 0.466 e. The number of hydrogen-bond donors (Lipinski definition) is 0. The molecular formula is C22H44O2. The Morgan fingerprint density at radius 3 is 1.17 bits per heavy atom. The van der Waals surface area contributed by atoms with Gasteiger partial charge in [-0.1, -0.05) is 44.2 Å². The Morgan fingerprint density at radius 1 is 0.792 bits per heavy atom. The number of esters is 1. The van der Waals surface area contributed by atoms with E-state index in [4.69, 9.17) is 0 Å².